The molecule has 1 saturated carbocycles. The number of hydrogen-bond donors (Lipinski definition) is 0. The van der Waals surface area contributed by atoms with E-state index < -0.39 is 29.7 Å². The number of benzene rings is 2. The van der Waals surface area contributed by atoms with Crippen molar-refractivity contribution >= 4 is 17.8 Å². The van der Waals surface area contributed by atoms with Crippen molar-refractivity contribution in [1.29, 1.82) is 0 Å². The maximum atomic E-state index is 13.0. The van der Waals surface area contributed by atoms with Crippen LogP contribution in [0.2, 0.25) is 0 Å². The molecule has 1 fully saturated rings. The summed E-state index contributed by atoms with van der Waals surface area (Å²) in [5.74, 6) is -1.28. The predicted molar refractivity (Wildman–Crippen MR) is 108 cm³/mol. The fourth-order valence-electron chi connectivity index (χ4n) is 3.98. The standard InChI is InChI=1S/C24H23F3O3/c1-16(28)30-22(15-10-17-6-3-2-4-7-17)20-8-5-9-21(20)23(29)18-11-13-19(14-12-18)24(25,26)27/h2-4,6-7,10-15,20-22H,5,8-9H2,1H3/b15-10+/t20-,21-,22?/m0/s1. The number of alkyl halides is 3. The van der Waals surface area contributed by atoms with E-state index >= 15 is 0 Å². The van der Waals surface area contributed by atoms with Gasteiger partial charge in [0.2, 0.25) is 0 Å². The first kappa shape index (κ1) is 21.8. The third-order valence-electron chi connectivity index (χ3n) is 5.40. The van der Waals surface area contributed by atoms with Gasteiger partial charge in [0.05, 0.1) is 5.56 Å². The third kappa shape index (κ3) is 5.38. The van der Waals surface area contributed by atoms with Crippen molar-refractivity contribution in [2.45, 2.75) is 38.5 Å². The molecule has 0 bridgehead atoms. The number of ketones is 1. The lowest BCUT2D eigenvalue weighted by atomic mass is 9.84. The van der Waals surface area contributed by atoms with Crippen LogP contribution in [0.3, 0.4) is 0 Å². The largest absolute Gasteiger partial charge is 0.458 e. The van der Waals surface area contributed by atoms with Gasteiger partial charge in [-0.1, -0.05) is 55.0 Å². The minimum Gasteiger partial charge on any atom is -0.458 e. The predicted octanol–water partition coefficient (Wildman–Crippen LogP) is 5.95. The molecule has 0 N–H and O–H groups in total. The van der Waals surface area contributed by atoms with E-state index in [-0.39, 0.29) is 17.3 Å². The van der Waals surface area contributed by atoms with Gasteiger partial charge in [0, 0.05) is 24.3 Å². The van der Waals surface area contributed by atoms with Crippen molar-refractivity contribution in [2.75, 3.05) is 0 Å². The lowest BCUT2D eigenvalue weighted by Gasteiger charge is -2.25. The highest BCUT2D eigenvalue weighted by molar-refractivity contribution is 5.98. The Morgan fingerprint density at radius 1 is 1.03 bits per heavy atom. The Morgan fingerprint density at radius 3 is 2.30 bits per heavy atom. The van der Waals surface area contributed by atoms with Crippen LogP contribution in [0.15, 0.2) is 60.7 Å². The van der Waals surface area contributed by atoms with Crippen LogP contribution in [0.4, 0.5) is 13.2 Å². The molecule has 0 radical (unpaired) electrons. The maximum absolute atomic E-state index is 13.0. The average molecular weight is 416 g/mol. The van der Waals surface area contributed by atoms with Gasteiger partial charge in [-0.15, -0.1) is 0 Å². The SMILES string of the molecule is CC(=O)OC(/C=C/c1ccccc1)[C@H]1CCC[C@@H]1C(=O)c1ccc(C(F)(F)F)cc1. The second-order valence-electron chi connectivity index (χ2n) is 7.48. The maximum Gasteiger partial charge on any atom is 0.416 e. The lowest BCUT2D eigenvalue weighted by molar-refractivity contribution is -0.146. The molecule has 0 aromatic heterocycles. The summed E-state index contributed by atoms with van der Waals surface area (Å²) in [5.41, 5.74) is 0.400. The average Bonchev–Trinajstić information content (AvgIpc) is 3.20. The summed E-state index contributed by atoms with van der Waals surface area (Å²) in [6.45, 7) is 1.32. The van der Waals surface area contributed by atoms with Gasteiger partial charge < -0.3 is 4.74 Å². The van der Waals surface area contributed by atoms with Crippen molar-refractivity contribution in [1.82, 2.24) is 0 Å². The van der Waals surface area contributed by atoms with Gasteiger partial charge in [-0.25, -0.2) is 0 Å². The molecule has 0 spiro atoms. The molecule has 0 heterocycles. The van der Waals surface area contributed by atoms with Gasteiger partial charge in [0.1, 0.15) is 6.10 Å². The monoisotopic (exact) mass is 416 g/mol. The van der Waals surface area contributed by atoms with E-state index in [1.165, 1.54) is 19.1 Å². The normalized spacial score (nSPS) is 20.3. The number of rotatable bonds is 6. The fourth-order valence-corrected chi connectivity index (χ4v) is 3.98. The molecule has 6 heteroatoms. The van der Waals surface area contributed by atoms with E-state index in [9.17, 15) is 22.8 Å². The number of carbonyl (C=O) groups is 2. The third-order valence-corrected chi connectivity index (χ3v) is 5.40. The van der Waals surface area contributed by atoms with Crippen LogP contribution in [-0.4, -0.2) is 17.9 Å². The Bertz CT molecular complexity index is 902. The summed E-state index contributed by atoms with van der Waals surface area (Å²) < 4.78 is 43.9. The highest BCUT2D eigenvalue weighted by atomic mass is 19.4. The second kappa shape index (κ2) is 9.28. The van der Waals surface area contributed by atoms with Crippen molar-refractivity contribution in [3.05, 3.63) is 77.4 Å². The topological polar surface area (TPSA) is 43.4 Å². The Balaban J connectivity index is 1.81. The first-order valence-electron chi connectivity index (χ1n) is 9.87. The van der Waals surface area contributed by atoms with Crippen molar-refractivity contribution in [2.24, 2.45) is 11.8 Å². The van der Waals surface area contributed by atoms with Gasteiger partial charge in [0.25, 0.3) is 0 Å². The number of ether oxygens (including phenoxy) is 1. The number of halogens is 3. The van der Waals surface area contributed by atoms with Gasteiger partial charge in [0.15, 0.2) is 5.78 Å². The van der Waals surface area contributed by atoms with Crippen molar-refractivity contribution in [3.8, 4) is 0 Å². The van der Waals surface area contributed by atoms with Crippen molar-refractivity contribution < 1.29 is 27.5 Å². The van der Waals surface area contributed by atoms with Crippen LogP contribution < -0.4 is 0 Å². The summed E-state index contributed by atoms with van der Waals surface area (Å²) in [6, 6.07) is 13.8. The molecule has 2 aromatic rings. The number of carbonyl (C=O) groups excluding carboxylic acids is 2. The molecule has 0 saturated heterocycles. The van der Waals surface area contributed by atoms with Gasteiger partial charge in [-0.2, -0.15) is 13.2 Å². The zero-order valence-electron chi connectivity index (χ0n) is 16.6. The minimum absolute atomic E-state index is 0.212. The Morgan fingerprint density at radius 2 is 1.70 bits per heavy atom. The van der Waals surface area contributed by atoms with Crippen LogP contribution in [0.5, 0.6) is 0 Å². The molecule has 2 aromatic carbocycles. The first-order chi connectivity index (χ1) is 14.3. The Labute approximate surface area is 173 Å². The molecule has 30 heavy (non-hydrogen) atoms. The molecular formula is C24H23F3O3. The summed E-state index contributed by atoms with van der Waals surface area (Å²) in [4.78, 5) is 24.7. The molecule has 158 valence electrons. The highest BCUT2D eigenvalue weighted by Gasteiger charge is 2.39. The minimum atomic E-state index is -4.44. The van der Waals surface area contributed by atoms with Crippen molar-refractivity contribution in [3.63, 3.8) is 0 Å². The molecule has 3 atom stereocenters. The molecule has 1 aliphatic rings. The van der Waals surface area contributed by atoms with Crippen LogP contribution in [0.1, 0.15) is 47.7 Å². The van der Waals surface area contributed by atoms with E-state index in [1.807, 2.05) is 36.4 Å². The summed E-state index contributed by atoms with van der Waals surface area (Å²) in [7, 11) is 0. The van der Waals surface area contributed by atoms with Crippen LogP contribution in [-0.2, 0) is 15.7 Å². The number of Topliss-reactive ketones (excluding diaryl/α,β-unsaturated/α-hetero) is 1. The quantitative estimate of drug-likeness (QED) is 0.432. The van der Waals surface area contributed by atoms with E-state index in [0.29, 0.717) is 12.8 Å². The first-order valence-corrected chi connectivity index (χ1v) is 9.87. The summed E-state index contributed by atoms with van der Waals surface area (Å²) in [5, 5.41) is 0. The van der Waals surface area contributed by atoms with Gasteiger partial charge in [-0.05, 0) is 36.6 Å². The van der Waals surface area contributed by atoms with E-state index in [2.05, 4.69) is 0 Å². The molecule has 1 aliphatic carbocycles. The van der Waals surface area contributed by atoms with Gasteiger partial charge >= 0.3 is 12.1 Å². The molecule has 0 aliphatic heterocycles. The number of hydrogen-bond acceptors (Lipinski definition) is 3. The Kier molecular flexibility index (Phi) is 6.75. The zero-order valence-corrected chi connectivity index (χ0v) is 16.6. The summed E-state index contributed by atoms with van der Waals surface area (Å²) >= 11 is 0. The zero-order chi connectivity index (χ0) is 21.7. The second-order valence-corrected chi connectivity index (χ2v) is 7.48. The van der Waals surface area contributed by atoms with Crippen LogP contribution >= 0.6 is 0 Å². The van der Waals surface area contributed by atoms with E-state index in [1.54, 1.807) is 6.08 Å². The van der Waals surface area contributed by atoms with E-state index in [4.69, 9.17) is 4.74 Å². The fraction of sp³-hybridized carbons (Fsp3) is 0.333. The smallest absolute Gasteiger partial charge is 0.416 e. The number of esters is 1. The molecule has 1 unspecified atom stereocenters. The molecule has 3 nitrogen and oxygen atoms in total. The highest BCUT2D eigenvalue weighted by Crippen LogP contribution is 2.39. The molecule has 0 amide bonds. The molecular weight excluding hydrogens is 393 g/mol. The Hall–Kier alpha value is -2.89. The molecule has 3 rings (SSSR count). The van der Waals surface area contributed by atoms with Gasteiger partial charge in [-0.3, -0.25) is 9.59 Å². The van der Waals surface area contributed by atoms with Crippen LogP contribution in [0.25, 0.3) is 6.08 Å². The lowest BCUT2D eigenvalue weighted by Crippen LogP contribution is -2.31. The summed E-state index contributed by atoms with van der Waals surface area (Å²) in [6.07, 6.45) is 0.730. The van der Waals surface area contributed by atoms with E-state index in [0.717, 1.165) is 24.1 Å². The van der Waals surface area contributed by atoms with Crippen LogP contribution in [0, 0.1) is 11.8 Å².